The molecule has 0 heterocycles. The third-order valence-electron chi connectivity index (χ3n) is 3.10. The van der Waals surface area contributed by atoms with E-state index in [1.807, 2.05) is 30.3 Å². The fraction of sp³-hybridized carbons (Fsp3) is 0.188. The van der Waals surface area contributed by atoms with E-state index in [-0.39, 0.29) is 6.04 Å². The Morgan fingerprint density at radius 1 is 1.16 bits per heavy atom. The summed E-state index contributed by atoms with van der Waals surface area (Å²) in [6.45, 7) is 4.20. The predicted octanol–water partition coefficient (Wildman–Crippen LogP) is 4.80. The van der Waals surface area contributed by atoms with Gasteiger partial charge in [0.1, 0.15) is 0 Å². The van der Waals surface area contributed by atoms with Gasteiger partial charge in [-0.2, -0.15) is 5.26 Å². The number of halogens is 1. The number of nitriles is 1. The molecule has 0 bridgehead atoms. The minimum absolute atomic E-state index is 0.201. The lowest BCUT2D eigenvalue weighted by Crippen LogP contribution is -2.07. The Balaban J connectivity index is 2.16. The smallest absolute Gasteiger partial charge is 0.0991 e. The van der Waals surface area contributed by atoms with Crippen LogP contribution in [0.5, 0.6) is 0 Å². The van der Waals surface area contributed by atoms with Crippen molar-refractivity contribution in [1.82, 2.24) is 0 Å². The Morgan fingerprint density at radius 2 is 1.84 bits per heavy atom. The van der Waals surface area contributed by atoms with Crippen LogP contribution in [0.2, 0.25) is 0 Å². The first-order valence-corrected chi connectivity index (χ1v) is 6.92. The summed E-state index contributed by atoms with van der Waals surface area (Å²) in [6.07, 6.45) is 0. The first-order chi connectivity index (χ1) is 9.10. The molecule has 0 aromatic heterocycles. The third-order valence-corrected chi connectivity index (χ3v) is 3.59. The lowest BCUT2D eigenvalue weighted by molar-refractivity contribution is 0.882. The highest BCUT2D eigenvalue weighted by atomic mass is 79.9. The van der Waals surface area contributed by atoms with Gasteiger partial charge in [0.15, 0.2) is 0 Å². The Bertz CT molecular complexity index is 612. The van der Waals surface area contributed by atoms with Gasteiger partial charge in [0.05, 0.1) is 11.6 Å². The van der Waals surface area contributed by atoms with Crippen LogP contribution in [0.4, 0.5) is 5.69 Å². The van der Waals surface area contributed by atoms with Crippen molar-refractivity contribution in [3.8, 4) is 6.07 Å². The molecule has 19 heavy (non-hydrogen) atoms. The number of nitrogens with one attached hydrogen (secondary N) is 1. The number of anilines is 1. The fourth-order valence-electron chi connectivity index (χ4n) is 1.95. The largest absolute Gasteiger partial charge is 0.378 e. The average molecular weight is 315 g/mol. The first kappa shape index (κ1) is 13.6. The van der Waals surface area contributed by atoms with E-state index in [4.69, 9.17) is 5.26 Å². The third kappa shape index (κ3) is 3.36. The van der Waals surface area contributed by atoms with Crippen LogP contribution in [-0.4, -0.2) is 0 Å². The zero-order chi connectivity index (χ0) is 13.8. The molecule has 1 atom stereocenters. The summed E-state index contributed by atoms with van der Waals surface area (Å²) in [5.41, 5.74) is 4.19. The summed E-state index contributed by atoms with van der Waals surface area (Å²) in [5.74, 6) is 0. The summed E-state index contributed by atoms with van der Waals surface area (Å²) in [5, 5.41) is 12.3. The topological polar surface area (TPSA) is 35.8 Å². The average Bonchev–Trinajstić information content (AvgIpc) is 2.42. The van der Waals surface area contributed by atoms with E-state index in [1.165, 1.54) is 11.1 Å². The molecular weight excluding hydrogens is 300 g/mol. The molecule has 0 saturated heterocycles. The summed E-state index contributed by atoms with van der Waals surface area (Å²) < 4.78 is 1.08. The number of benzene rings is 2. The van der Waals surface area contributed by atoms with E-state index in [1.54, 1.807) is 0 Å². The van der Waals surface area contributed by atoms with E-state index in [2.05, 4.69) is 53.3 Å². The molecule has 2 rings (SSSR count). The second kappa shape index (κ2) is 5.90. The molecule has 0 aliphatic heterocycles. The monoisotopic (exact) mass is 314 g/mol. The van der Waals surface area contributed by atoms with Crippen molar-refractivity contribution in [3.63, 3.8) is 0 Å². The van der Waals surface area contributed by atoms with Crippen LogP contribution in [0.15, 0.2) is 46.9 Å². The molecule has 0 aliphatic rings. The van der Waals surface area contributed by atoms with Crippen LogP contribution in [-0.2, 0) is 0 Å². The fourth-order valence-corrected chi connectivity index (χ4v) is 2.43. The van der Waals surface area contributed by atoms with Crippen LogP contribution >= 0.6 is 15.9 Å². The van der Waals surface area contributed by atoms with Crippen molar-refractivity contribution < 1.29 is 0 Å². The van der Waals surface area contributed by atoms with Gasteiger partial charge in [-0.3, -0.25) is 0 Å². The Labute approximate surface area is 122 Å². The van der Waals surface area contributed by atoms with E-state index in [0.29, 0.717) is 5.56 Å². The second-order valence-corrected chi connectivity index (χ2v) is 5.47. The van der Waals surface area contributed by atoms with Gasteiger partial charge in [0.25, 0.3) is 0 Å². The first-order valence-electron chi connectivity index (χ1n) is 6.13. The molecule has 2 nitrogen and oxygen atoms in total. The Morgan fingerprint density at radius 3 is 2.42 bits per heavy atom. The molecule has 2 aromatic rings. The highest BCUT2D eigenvalue weighted by Crippen LogP contribution is 2.24. The van der Waals surface area contributed by atoms with Crippen LogP contribution < -0.4 is 5.32 Å². The highest BCUT2D eigenvalue weighted by Gasteiger charge is 2.07. The molecule has 1 unspecified atom stereocenters. The molecule has 0 radical (unpaired) electrons. The van der Waals surface area contributed by atoms with Crippen molar-refractivity contribution >= 4 is 21.6 Å². The maximum atomic E-state index is 8.79. The molecule has 1 N–H and O–H groups in total. The number of rotatable bonds is 3. The summed E-state index contributed by atoms with van der Waals surface area (Å²) in [7, 11) is 0. The van der Waals surface area contributed by atoms with Crippen LogP contribution in [0.1, 0.15) is 29.7 Å². The van der Waals surface area contributed by atoms with Crippen molar-refractivity contribution in [2.24, 2.45) is 0 Å². The Hall–Kier alpha value is -1.79. The molecule has 0 saturated carbocycles. The SMILES string of the molecule is Cc1cc(Br)ccc1NC(C)c1ccc(C#N)cc1. The van der Waals surface area contributed by atoms with Gasteiger partial charge in [-0.05, 0) is 55.3 Å². The maximum absolute atomic E-state index is 8.79. The van der Waals surface area contributed by atoms with E-state index in [0.717, 1.165) is 10.2 Å². The van der Waals surface area contributed by atoms with E-state index >= 15 is 0 Å². The minimum atomic E-state index is 0.201. The molecule has 0 amide bonds. The number of aryl methyl sites for hydroxylation is 1. The van der Waals surface area contributed by atoms with E-state index in [9.17, 15) is 0 Å². The number of hydrogen-bond donors (Lipinski definition) is 1. The van der Waals surface area contributed by atoms with Crippen molar-refractivity contribution in [1.29, 1.82) is 5.26 Å². The lowest BCUT2D eigenvalue weighted by Gasteiger charge is -2.17. The normalized spacial score (nSPS) is 11.7. The van der Waals surface area contributed by atoms with E-state index < -0.39 is 0 Å². The van der Waals surface area contributed by atoms with Crippen LogP contribution in [0.3, 0.4) is 0 Å². The van der Waals surface area contributed by atoms with Gasteiger partial charge in [0.2, 0.25) is 0 Å². The summed E-state index contributed by atoms with van der Waals surface area (Å²) in [6, 6.07) is 16.2. The molecule has 0 aliphatic carbocycles. The minimum Gasteiger partial charge on any atom is -0.378 e. The molecular formula is C16H15BrN2. The van der Waals surface area contributed by atoms with Crippen LogP contribution in [0.25, 0.3) is 0 Å². The molecule has 96 valence electrons. The van der Waals surface area contributed by atoms with Crippen molar-refractivity contribution in [2.45, 2.75) is 19.9 Å². The van der Waals surface area contributed by atoms with Crippen molar-refractivity contribution in [3.05, 3.63) is 63.6 Å². The van der Waals surface area contributed by atoms with Crippen LogP contribution in [0, 0.1) is 18.3 Å². The zero-order valence-electron chi connectivity index (χ0n) is 10.9. The molecule has 2 aromatic carbocycles. The molecule has 3 heteroatoms. The lowest BCUT2D eigenvalue weighted by atomic mass is 10.1. The standard InChI is InChI=1S/C16H15BrN2/c1-11-9-15(17)7-8-16(11)19-12(2)14-5-3-13(10-18)4-6-14/h3-9,12,19H,1-2H3. The zero-order valence-corrected chi connectivity index (χ0v) is 12.5. The molecule has 0 spiro atoms. The van der Waals surface area contributed by atoms with Gasteiger partial charge < -0.3 is 5.32 Å². The van der Waals surface area contributed by atoms with Gasteiger partial charge >= 0.3 is 0 Å². The van der Waals surface area contributed by atoms with Crippen molar-refractivity contribution in [2.75, 3.05) is 5.32 Å². The van der Waals surface area contributed by atoms with Gasteiger partial charge in [-0.15, -0.1) is 0 Å². The predicted molar refractivity (Wildman–Crippen MR) is 82.1 cm³/mol. The number of nitrogens with zero attached hydrogens (tertiary/aromatic N) is 1. The maximum Gasteiger partial charge on any atom is 0.0991 e. The van der Waals surface area contributed by atoms with Gasteiger partial charge in [0, 0.05) is 16.2 Å². The molecule has 0 fully saturated rings. The Kier molecular flexibility index (Phi) is 4.24. The summed E-state index contributed by atoms with van der Waals surface area (Å²) in [4.78, 5) is 0. The summed E-state index contributed by atoms with van der Waals surface area (Å²) >= 11 is 3.46. The van der Waals surface area contributed by atoms with Gasteiger partial charge in [-0.1, -0.05) is 28.1 Å². The number of hydrogen-bond acceptors (Lipinski definition) is 2. The quantitative estimate of drug-likeness (QED) is 0.883. The highest BCUT2D eigenvalue weighted by molar-refractivity contribution is 9.10. The van der Waals surface area contributed by atoms with Gasteiger partial charge in [-0.25, -0.2) is 0 Å². The second-order valence-electron chi connectivity index (χ2n) is 4.56.